The number of carbonyl (C=O) groups is 2. The topological polar surface area (TPSA) is 104 Å². The highest BCUT2D eigenvalue weighted by atomic mass is 16.3. The molecule has 1 saturated heterocycles. The van der Waals surface area contributed by atoms with Gasteiger partial charge in [0, 0.05) is 24.4 Å². The standard InChI is InChI=1S/C14H18N4O3/c19-11-8-4-1-2-5-9(8)17-12(20)10(11)13(21)18-14-15-6-3-7-16-14/h3,6-11,19H,1-2,4-5H2,(H,17,20)(H,15,16,18,21). The second-order valence-corrected chi connectivity index (χ2v) is 5.59. The summed E-state index contributed by atoms with van der Waals surface area (Å²) >= 11 is 0. The number of anilines is 1. The van der Waals surface area contributed by atoms with E-state index in [1.54, 1.807) is 6.07 Å². The Morgan fingerprint density at radius 1 is 1.29 bits per heavy atom. The van der Waals surface area contributed by atoms with E-state index in [0.717, 1.165) is 25.7 Å². The summed E-state index contributed by atoms with van der Waals surface area (Å²) in [7, 11) is 0. The molecule has 0 bridgehead atoms. The number of aliphatic hydroxyl groups excluding tert-OH is 1. The third-order valence-corrected chi connectivity index (χ3v) is 4.29. The van der Waals surface area contributed by atoms with Crippen molar-refractivity contribution < 1.29 is 14.7 Å². The SMILES string of the molecule is O=C(Nc1ncccn1)C1C(=O)NC2CCCCC2C1O. The van der Waals surface area contributed by atoms with E-state index in [2.05, 4.69) is 20.6 Å². The molecule has 3 N–H and O–H groups in total. The Labute approximate surface area is 122 Å². The molecule has 1 aliphatic heterocycles. The van der Waals surface area contributed by atoms with Crippen LogP contribution in [-0.2, 0) is 9.59 Å². The molecule has 0 spiro atoms. The van der Waals surface area contributed by atoms with E-state index < -0.39 is 23.8 Å². The molecule has 21 heavy (non-hydrogen) atoms. The lowest BCUT2D eigenvalue weighted by Crippen LogP contribution is -2.60. The number of nitrogens with one attached hydrogen (secondary N) is 2. The maximum Gasteiger partial charge on any atom is 0.241 e. The number of hydrogen-bond acceptors (Lipinski definition) is 5. The van der Waals surface area contributed by atoms with Crippen molar-refractivity contribution in [3.63, 3.8) is 0 Å². The average molecular weight is 290 g/mol. The molecule has 0 radical (unpaired) electrons. The zero-order valence-electron chi connectivity index (χ0n) is 11.5. The van der Waals surface area contributed by atoms with E-state index >= 15 is 0 Å². The zero-order valence-corrected chi connectivity index (χ0v) is 11.5. The third-order valence-electron chi connectivity index (χ3n) is 4.29. The molecule has 1 aromatic rings. The van der Waals surface area contributed by atoms with Gasteiger partial charge in [-0.3, -0.25) is 14.9 Å². The predicted octanol–water partition coefficient (Wildman–Crippen LogP) is 0.0808. The minimum atomic E-state index is -1.10. The lowest BCUT2D eigenvalue weighted by Gasteiger charge is -2.42. The zero-order chi connectivity index (χ0) is 14.8. The second kappa shape index (κ2) is 5.77. The van der Waals surface area contributed by atoms with Crippen LogP contribution in [-0.4, -0.2) is 39.0 Å². The van der Waals surface area contributed by atoms with Crippen molar-refractivity contribution in [3.05, 3.63) is 18.5 Å². The van der Waals surface area contributed by atoms with Gasteiger partial charge in [-0.05, 0) is 18.9 Å². The molecule has 4 atom stereocenters. The Morgan fingerprint density at radius 3 is 2.76 bits per heavy atom. The first-order chi connectivity index (χ1) is 10.2. The molecule has 2 amide bonds. The van der Waals surface area contributed by atoms with Crippen LogP contribution in [0.5, 0.6) is 0 Å². The molecule has 1 aliphatic carbocycles. The third kappa shape index (κ3) is 2.73. The molecule has 112 valence electrons. The van der Waals surface area contributed by atoms with E-state index in [-0.39, 0.29) is 17.9 Å². The number of rotatable bonds is 2. The fourth-order valence-electron chi connectivity index (χ4n) is 3.25. The van der Waals surface area contributed by atoms with Gasteiger partial charge in [-0.15, -0.1) is 0 Å². The lowest BCUT2D eigenvalue weighted by molar-refractivity contribution is -0.146. The summed E-state index contributed by atoms with van der Waals surface area (Å²) < 4.78 is 0. The highest BCUT2D eigenvalue weighted by Gasteiger charge is 2.47. The van der Waals surface area contributed by atoms with Crippen molar-refractivity contribution in [2.75, 3.05) is 5.32 Å². The maximum atomic E-state index is 12.3. The Bertz CT molecular complexity index is 536. The number of amides is 2. The molecular weight excluding hydrogens is 272 g/mol. The van der Waals surface area contributed by atoms with Crippen LogP contribution in [0.2, 0.25) is 0 Å². The van der Waals surface area contributed by atoms with Crippen LogP contribution in [0.1, 0.15) is 25.7 Å². The van der Waals surface area contributed by atoms with Gasteiger partial charge in [-0.2, -0.15) is 0 Å². The van der Waals surface area contributed by atoms with Gasteiger partial charge in [0.05, 0.1) is 6.10 Å². The van der Waals surface area contributed by atoms with Crippen molar-refractivity contribution in [2.45, 2.75) is 37.8 Å². The summed E-state index contributed by atoms with van der Waals surface area (Å²) in [4.78, 5) is 32.1. The number of nitrogens with zero attached hydrogens (tertiary/aromatic N) is 2. The number of aliphatic hydroxyl groups is 1. The van der Waals surface area contributed by atoms with Gasteiger partial charge in [-0.25, -0.2) is 9.97 Å². The summed E-state index contributed by atoms with van der Waals surface area (Å²) in [6, 6.07) is 1.61. The first kappa shape index (κ1) is 13.9. The predicted molar refractivity (Wildman–Crippen MR) is 74.0 cm³/mol. The highest BCUT2D eigenvalue weighted by molar-refractivity contribution is 6.07. The van der Waals surface area contributed by atoms with Gasteiger partial charge in [0.1, 0.15) is 5.92 Å². The fraction of sp³-hybridized carbons (Fsp3) is 0.571. The van der Waals surface area contributed by atoms with Crippen LogP contribution in [0.3, 0.4) is 0 Å². The summed E-state index contributed by atoms with van der Waals surface area (Å²) in [5.41, 5.74) is 0. The van der Waals surface area contributed by atoms with Crippen molar-refractivity contribution in [3.8, 4) is 0 Å². The van der Waals surface area contributed by atoms with Crippen LogP contribution >= 0.6 is 0 Å². The van der Waals surface area contributed by atoms with Crippen molar-refractivity contribution in [1.29, 1.82) is 0 Å². The van der Waals surface area contributed by atoms with Crippen LogP contribution in [0.15, 0.2) is 18.5 Å². The van der Waals surface area contributed by atoms with Gasteiger partial charge in [0.2, 0.25) is 17.8 Å². The lowest BCUT2D eigenvalue weighted by atomic mass is 9.73. The largest absolute Gasteiger partial charge is 0.391 e. The molecule has 2 aliphatic rings. The number of aromatic nitrogens is 2. The van der Waals surface area contributed by atoms with E-state index in [4.69, 9.17) is 0 Å². The molecule has 4 unspecified atom stereocenters. The van der Waals surface area contributed by atoms with Gasteiger partial charge in [-0.1, -0.05) is 12.8 Å². The van der Waals surface area contributed by atoms with Crippen molar-refractivity contribution in [1.82, 2.24) is 15.3 Å². The molecule has 1 aromatic heterocycles. The molecular formula is C14H18N4O3. The number of fused-ring (bicyclic) bond motifs is 1. The Morgan fingerprint density at radius 2 is 2.00 bits per heavy atom. The average Bonchev–Trinajstić information content (AvgIpc) is 2.48. The summed E-state index contributed by atoms with van der Waals surface area (Å²) in [6.45, 7) is 0. The molecule has 3 rings (SSSR count). The van der Waals surface area contributed by atoms with Gasteiger partial charge in [0.25, 0.3) is 0 Å². The van der Waals surface area contributed by atoms with Gasteiger partial charge < -0.3 is 10.4 Å². The Balaban J connectivity index is 1.74. The number of hydrogen-bond donors (Lipinski definition) is 3. The fourth-order valence-corrected chi connectivity index (χ4v) is 3.25. The molecule has 7 heteroatoms. The van der Waals surface area contributed by atoms with Crippen molar-refractivity contribution in [2.24, 2.45) is 11.8 Å². The van der Waals surface area contributed by atoms with Crippen LogP contribution in [0, 0.1) is 11.8 Å². The minimum absolute atomic E-state index is 0.0155. The van der Waals surface area contributed by atoms with Gasteiger partial charge in [0.15, 0.2) is 0 Å². The summed E-state index contributed by atoms with van der Waals surface area (Å²) in [6.07, 6.45) is 5.80. The summed E-state index contributed by atoms with van der Waals surface area (Å²) in [5.74, 6) is -2.00. The van der Waals surface area contributed by atoms with E-state index in [0.29, 0.717) is 0 Å². The molecule has 2 fully saturated rings. The first-order valence-corrected chi connectivity index (χ1v) is 7.23. The normalized spacial score (nSPS) is 32.0. The summed E-state index contributed by atoms with van der Waals surface area (Å²) in [5, 5.41) is 15.8. The quantitative estimate of drug-likeness (QED) is 0.669. The van der Waals surface area contributed by atoms with Crippen LogP contribution in [0.4, 0.5) is 5.95 Å². The van der Waals surface area contributed by atoms with Crippen LogP contribution < -0.4 is 10.6 Å². The molecule has 7 nitrogen and oxygen atoms in total. The first-order valence-electron chi connectivity index (χ1n) is 7.23. The smallest absolute Gasteiger partial charge is 0.241 e. The maximum absolute atomic E-state index is 12.3. The highest BCUT2D eigenvalue weighted by Crippen LogP contribution is 2.34. The van der Waals surface area contributed by atoms with E-state index in [1.165, 1.54) is 12.4 Å². The van der Waals surface area contributed by atoms with E-state index in [9.17, 15) is 14.7 Å². The van der Waals surface area contributed by atoms with E-state index in [1.807, 2.05) is 0 Å². The van der Waals surface area contributed by atoms with Crippen LogP contribution in [0.25, 0.3) is 0 Å². The molecule has 0 aromatic carbocycles. The molecule has 2 heterocycles. The Kier molecular flexibility index (Phi) is 3.83. The minimum Gasteiger partial charge on any atom is -0.391 e. The Hall–Kier alpha value is -2.02. The number of piperidine rings is 1. The van der Waals surface area contributed by atoms with Crippen molar-refractivity contribution >= 4 is 17.8 Å². The monoisotopic (exact) mass is 290 g/mol. The van der Waals surface area contributed by atoms with Gasteiger partial charge >= 0.3 is 0 Å². The molecule has 1 saturated carbocycles. The number of carbonyl (C=O) groups excluding carboxylic acids is 2. The second-order valence-electron chi connectivity index (χ2n) is 5.59.